The van der Waals surface area contributed by atoms with Crippen LogP contribution in [0.25, 0.3) is 21.3 Å². The van der Waals surface area contributed by atoms with E-state index < -0.39 is 5.97 Å². The molecule has 0 aliphatic rings. The normalized spacial score (nSPS) is 11.0. The van der Waals surface area contributed by atoms with Crippen molar-refractivity contribution < 1.29 is 14.6 Å². The number of carboxylic acid groups (broad SMARTS) is 1. The van der Waals surface area contributed by atoms with Crippen molar-refractivity contribution in [2.75, 3.05) is 12.4 Å². The molecule has 0 bridgehead atoms. The second kappa shape index (κ2) is 8.51. The zero-order chi connectivity index (χ0) is 18.5. The largest absolute Gasteiger partial charge is 0.494 e. The van der Waals surface area contributed by atoms with Crippen molar-refractivity contribution >= 4 is 39.3 Å². The summed E-state index contributed by atoms with van der Waals surface area (Å²) in [6.07, 6.45) is 2.38. The molecule has 3 rings (SSSR count). The van der Waals surface area contributed by atoms with Gasteiger partial charge in [0, 0.05) is 22.6 Å². The number of aliphatic carboxylic acids is 1. The molecule has 0 unspecified atom stereocenters. The minimum atomic E-state index is -0.764. The number of thioether (sulfide) groups is 1. The van der Waals surface area contributed by atoms with Crippen LogP contribution in [0.1, 0.15) is 24.6 Å². The maximum atomic E-state index is 10.7. The highest BCUT2D eigenvalue weighted by Crippen LogP contribution is 2.41. The Labute approximate surface area is 160 Å². The molecule has 2 heterocycles. The second-order valence-electron chi connectivity index (χ2n) is 5.70. The fourth-order valence-corrected chi connectivity index (χ4v) is 4.78. The molecule has 0 fully saturated rings. The number of ether oxygens (including phenoxy) is 1. The van der Waals surface area contributed by atoms with Crippen LogP contribution in [0.15, 0.2) is 35.6 Å². The average Bonchev–Trinajstić information content (AvgIpc) is 2.96. The lowest BCUT2D eigenvalue weighted by molar-refractivity contribution is -0.137. The number of benzene rings is 1. The SMILES string of the molecule is CCOc1ccc(-c2c(C)sc3ncnc(SCCCC(=O)O)c23)cc1. The van der Waals surface area contributed by atoms with Crippen LogP contribution >= 0.6 is 23.1 Å². The van der Waals surface area contributed by atoms with Crippen LogP contribution in [-0.2, 0) is 4.79 Å². The van der Waals surface area contributed by atoms with Crippen molar-refractivity contribution in [3.63, 3.8) is 0 Å². The molecule has 5 nitrogen and oxygen atoms in total. The number of rotatable bonds is 8. The monoisotopic (exact) mass is 388 g/mol. The Morgan fingerprint density at radius 2 is 2.04 bits per heavy atom. The molecule has 2 aromatic heterocycles. The van der Waals surface area contributed by atoms with E-state index in [-0.39, 0.29) is 6.42 Å². The molecule has 0 atom stereocenters. The topological polar surface area (TPSA) is 72.3 Å². The highest BCUT2D eigenvalue weighted by atomic mass is 32.2. The van der Waals surface area contributed by atoms with Crippen molar-refractivity contribution in [3.05, 3.63) is 35.5 Å². The lowest BCUT2D eigenvalue weighted by Gasteiger charge is -2.08. The van der Waals surface area contributed by atoms with Gasteiger partial charge in [0.1, 0.15) is 21.9 Å². The second-order valence-corrected chi connectivity index (χ2v) is 7.98. The van der Waals surface area contributed by atoms with Gasteiger partial charge in [0.2, 0.25) is 0 Å². The van der Waals surface area contributed by atoms with Gasteiger partial charge >= 0.3 is 5.97 Å². The number of hydrogen-bond donors (Lipinski definition) is 1. The molecule has 3 aromatic rings. The molecule has 136 valence electrons. The van der Waals surface area contributed by atoms with Gasteiger partial charge in [-0.25, -0.2) is 9.97 Å². The number of carboxylic acids is 1. The van der Waals surface area contributed by atoms with E-state index in [0.29, 0.717) is 13.0 Å². The summed E-state index contributed by atoms with van der Waals surface area (Å²) in [5, 5.41) is 10.8. The Balaban J connectivity index is 1.94. The van der Waals surface area contributed by atoms with Crippen LogP contribution < -0.4 is 4.74 Å². The van der Waals surface area contributed by atoms with E-state index in [1.165, 1.54) is 4.88 Å². The summed E-state index contributed by atoms with van der Waals surface area (Å²) in [5.74, 6) is 0.809. The third kappa shape index (κ3) is 4.16. The molecule has 26 heavy (non-hydrogen) atoms. The van der Waals surface area contributed by atoms with Crippen molar-refractivity contribution in [1.29, 1.82) is 0 Å². The van der Waals surface area contributed by atoms with E-state index in [1.54, 1.807) is 29.4 Å². The Morgan fingerprint density at radius 3 is 2.73 bits per heavy atom. The van der Waals surface area contributed by atoms with Gasteiger partial charge in [-0.1, -0.05) is 12.1 Å². The van der Waals surface area contributed by atoms with Crippen LogP contribution in [0.3, 0.4) is 0 Å². The summed E-state index contributed by atoms with van der Waals surface area (Å²) in [6.45, 7) is 4.71. The molecule has 0 saturated carbocycles. The molecule has 7 heteroatoms. The molecular formula is C19H20N2O3S2. The molecule has 0 saturated heterocycles. The van der Waals surface area contributed by atoms with E-state index in [2.05, 4.69) is 29.0 Å². The molecule has 0 amide bonds. The first-order chi connectivity index (χ1) is 12.6. The Hall–Kier alpha value is -2.12. The van der Waals surface area contributed by atoms with Crippen LogP contribution in [0.2, 0.25) is 0 Å². The Kier molecular flexibility index (Phi) is 6.11. The van der Waals surface area contributed by atoms with Gasteiger partial charge in [-0.15, -0.1) is 23.1 Å². The maximum absolute atomic E-state index is 10.7. The average molecular weight is 389 g/mol. The van der Waals surface area contributed by atoms with Crippen LogP contribution in [0, 0.1) is 6.92 Å². The summed E-state index contributed by atoms with van der Waals surface area (Å²) in [4.78, 5) is 21.7. The van der Waals surface area contributed by atoms with Crippen LogP contribution in [0.4, 0.5) is 0 Å². The standard InChI is InChI=1S/C19H20N2O3S2/c1-3-24-14-8-6-13(7-9-14)16-12(2)26-19-17(16)18(20-11-21-19)25-10-4-5-15(22)23/h6-9,11H,3-5,10H2,1-2H3,(H,22,23). The summed E-state index contributed by atoms with van der Waals surface area (Å²) in [6, 6.07) is 8.08. The summed E-state index contributed by atoms with van der Waals surface area (Å²) < 4.78 is 5.53. The van der Waals surface area contributed by atoms with Gasteiger partial charge in [0.15, 0.2) is 0 Å². The van der Waals surface area contributed by atoms with Crippen molar-refractivity contribution in [3.8, 4) is 16.9 Å². The van der Waals surface area contributed by atoms with Gasteiger partial charge in [-0.05, 0) is 38.0 Å². The quantitative estimate of drug-likeness (QED) is 0.332. The summed E-state index contributed by atoms with van der Waals surface area (Å²) in [5.41, 5.74) is 2.26. The third-order valence-electron chi connectivity index (χ3n) is 3.86. The van der Waals surface area contributed by atoms with Crippen LogP contribution in [0.5, 0.6) is 5.75 Å². The molecule has 0 spiro atoms. The Morgan fingerprint density at radius 1 is 1.27 bits per heavy atom. The number of fused-ring (bicyclic) bond motifs is 1. The fourth-order valence-electron chi connectivity index (χ4n) is 2.75. The molecule has 0 aliphatic carbocycles. The molecular weight excluding hydrogens is 368 g/mol. The Bertz CT molecular complexity index is 907. The first-order valence-electron chi connectivity index (χ1n) is 8.42. The molecule has 1 aromatic carbocycles. The number of aromatic nitrogens is 2. The smallest absolute Gasteiger partial charge is 0.303 e. The minimum absolute atomic E-state index is 0.176. The van der Waals surface area contributed by atoms with Crippen LogP contribution in [-0.4, -0.2) is 33.4 Å². The van der Waals surface area contributed by atoms with Crippen molar-refractivity contribution in [2.45, 2.75) is 31.7 Å². The molecule has 0 radical (unpaired) electrons. The molecule has 0 aliphatic heterocycles. The molecule has 1 N–H and O–H groups in total. The lowest BCUT2D eigenvalue weighted by atomic mass is 10.0. The predicted molar refractivity (Wildman–Crippen MR) is 106 cm³/mol. The summed E-state index contributed by atoms with van der Waals surface area (Å²) in [7, 11) is 0. The lowest BCUT2D eigenvalue weighted by Crippen LogP contribution is -1.95. The van der Waals surface area contributed by atoms with Gasteiger partial charge in [0.05, 0.1) is 12.0 Å². The van der Waals surface area contributed by atoms with Crippen molar-refractivity contribution in [1.82, 2.24) is 9.97 Å². The number of aryl methyl sites for hydroxylation is 1. The van der Waals surface area contributed by atoms with E-state index in [4.69, 9.17) is 9.84 Å². The number of hydrogen-bond acceptors (Lipinski definition) is 6. The highest BCUT2D eigenvalue weighted by molar-refractivity contribution is 7.99. The first-order valence-corrected chi connectivity index (χ1v) is 10.2. The maximum Gasteiger partial charge on any atom is 0.303 e. The van der Waals surface area contributed by atoms with Gasteiger partial charge < -0.3 is 9.84 Å². The number of carbonyl (C=O) groups is 1. The van der Waals surface area contributed by atoms with E-state index >= 15 is 0 Å². The fraction of sp³-hybridized carbons (Fsp3) is 0.316. The van der Waals surface area contributed by atoms with Gasteiger partial charge in [-0.3, -0.25) is 4.79 Å². The minimum Gasteiger partial charge on any atom is -0.494 e. The first kappa shape index (κ1) is 18.7. The highest BCUT2D eigenvalue weighted by Gasteiger charge is 2.17. The van der Waals surface area contributed by atoms with E-state index in [0.717, 1.165) is 37.9 Å². The predicted octanol–water partition coefficient (Wildman–Crippen LogP) is 5.02. The third-order valence-corrected chi connectivity index (χ3v) is 5.95. The van der Waals surface area contributed by atoms with Gasteiger partial charge in [-0.2, -0.15) is 0 Å². The zero-order valence-electron chi connectivity index (χ0n) is 14.7. The summed E-state index contributed by atoms with van der Waals surface area (Å²) >= 11 is 3.25. The number of thiophene rings is 1. The van der Waals surface area contributed by atoms with Crippen molar-refractivity contribution in [2.24, 2.45) is 0 Å². The van der Waals surface area contributed by atoms with E-state index in [1.807, 2.05) is 19.1 Å². The zero-order valence-corrected chi connectivity index (χ0v) is 16.3. The van der Waals surface area contributed by atoms with Gasteiger partial charge in [0.25, 0.3) is 0 Å². The number of nitrogens with zero attached hydrogens (tertiary/aromatic N) is 2. The van der Waals surface area contributed by atoms with E-state index in [9.17, 15) is 4.79 Å².